The molecule has 2 N–H and O–H groups in total. The van der Waals surface area contributed by atoms with Crippen LogP contribution in [0, 0.1) is 0 Å². The molecule has 0 fully saturated rings. The zero-order chi connectivity index (χ0) is 10.1. The number of hydrogen-bond donors (Lipinski definition) is 2. The normalized spacial score (nSPS) is 19.1. The first kappa shape index (κ1) is 8.80. The van der Waals surface area contributed by atoms with Crippen LogP contribution < -0.4 is 10.1 Å². The zero-order valence-electron chi connectivity index (χ0n) is 7.65. The Morgan fingerprint density at radius 1 is 1.79 bits per heavy atom. The molecule has 5 heteroatoms. The van der Waals surface area contributed by atoms with Gasteiger partial charge in [0.1, 0.15) is 6.10 Å². The molecule has 0 aromatic carbocycles. The van der Waals surface area contributed by atoms with Gasteiger partial charge < -0.3 is 15.2 Å². The minimum absolute atomic E-state index is 0.0355. The minimum Gasteiger partial charge on any atom is -0.485 e. The van der Waals surface area contributed by atoms with Crippen LogP contribution in [0.15, 0.2) is 12.3 Å². The molecule has 1 atom stereocenters. The number of nitrogens with zero attached hydrogens (tertiary/aromatic N) is 1. The number of fused-ring (bicyclic) bond motifs is 1. The van der Waals surface area contributed by atoms with Crippen molar-refractivity contribution in [3.05, 3.63) is 17.8 Å². The third-order valence-corrected chi connectivity index (χ3v) is 1.98. The molecule has 0 unspecified atom stereocenters. The van der Waals surface area contributed by atoms with Crippen molar-refractivity contribution in [1.29, 1.82) is 0 Å². The van der Waals surface area contributed by atoms with Crippen LogP contribution >= 0.6 is 0 Å². The van der Waals surface area contributed by atoms with Crippen LogP contribution in [0.3, 0.4) is 0 Å². The fourth-order valence-corrected chi connectivity index (χ4v) is 1.28. The van der Waals surface area contributed by atoms with E-state index < -0.39 is 5.97 Å². The first-order chi connectivity index (χ1) is 6.66. The molecule has 1 aliphatic heterocycles. The number of ether oxygens (including phenoxy) is 1. The molecule has 0 spiro atoms. The summed E-state index contributed by atoms with van der Waals surface area (Å²) < 4.78 is 5.43. The van der Waals surface area contributed by atoms with Crippen LogP contribution in [0.2, 0.25) is 0 Å². The summed E-state index contributed by atoms with van der Waals surface area (Å²) in [7, 11) is 0. The van der Waals surface area contributed by atoms with Gasteiger partial charge in [0.05, 0.1) is 12.1 Å². The second-order valence-electron chi connectivity index (χ2n) is 3.19. The Morgan fingerprint density at radius 3 is 3.29 bits per heavy atom. The molecule has 0 saturated heterocycles. The summed E-state index contributed by atoms with van der Waals surface area (Å²) in [5.41, 5.74) is 0.139. The zero-order valence-corrected chi connectivity index (χ0v) is 7.65. The lowest BCUT2D eigenvalue weighted by Gasteiger charge is -2.23. The smallest absolute Gasteiger partial charge is 0.337 e. The first-order valence-electron chi connectivity index (χ1n) is 4.30. The van der Waals surface area contributed by atoms with Crippen molar-refractivity contribution in [2.75, 3.05) is 11.9 Å². The quantitative estimate of drug-likeness (QED) is 0.697. The summed E-state index contributed by atoms with van der Waals surface area (Å²) in [6, 6.07) is 1.48. The first-order valence-corrected chi connectivity index (χ1v) is 4.30. The number of nitrogens with one attached hydrogen (secondary N) is 1. The Bertz CT molecular complexity index is 378. The van der Waals surface area contributed by atoms with Gasteiger partial charge in [0.15, 0.2) is 11.6 Å². The van der Waals surface area contributed by atoms with Gasteiger partial charge in [-0.3, -0.25) is 0 Å². The maximum absolute atomic E-state index is 10.7. The van der Waals surface area contributed by atoms with Gasteiger partial charge in [0.2, 0.25) is 0 Å². The van der Waals surface area contributed by atoms with Crippen molar-refractivity contribution >= 4 is 11.8 Å². The maximum atomic E-state index is 10.7. The highest BCUT2D eigenvalue weighted by Crippen LogP contribution is 2.27. The molecule has 1 aromatic rings. The molecule has 1 aliphatic rings. The Hall–Kier alpha value is -1.78. The summed E-state index contributed by atoms with van der Waals surface area (Å²) in [4.78, 5) is 14.6. The summed E-state index contributed by atoms with van der Waals surface area (Å²) >= 11 is 0. The topological polar surface area (TPSA) is 71.5 Å². The summed E-state index contributed by atoms with van der Waals surface area (Å²) in [6.07, 6.45) is 1.35. The van der Waals surface area contributed by atoms with Gasteiger partial charge in [-0.1, -0.05) is 0 Å². The summed E-state index contributed by atoms with van der Waals surface area (Å²) in [6.45, 7) is 2.59. The van der Waals surface area contributed by atoms with Crippen molar-refractivity contribution in [3.8, 4) is 5.75 Å². The number of pyridine rings is 1. The predicted octanol–water partition coefficient (Wildman–Crippen LogP) is 0.973. The fraction of sp³-hybridized carbons (Fsp3) is 0.333. The third kappa shape index (κ3) is 1.48. The van der Waals surface area contributed by atoms with Crippen molar-refractivity contribution in [3.63, 3.8) is 0 Å². The van der Waals surface area contributed by atoms with Gasteiger partial charge in [-0.2, -0.15) is 0 Å². The molecule has 2 rings (SSSR count). The van der Waals surface area contributed by atoms with E-state index >= 15 is 0 Å². The lowest BCUT2D eigenvalue weighted by Crippen LogP contribution is -2.28. The molecular formula is C9H10N2O3. The number of carbonyl (C=O) groups is 1. The third-order valence-electron chi connectivity index (χ3n) is 1.98. The van der Waals surface area contributed by atoms with E-state index in [0.29, 0.717) is 18.1 Å². The van der Waals surface area contributed by atoms with E-state index in [1.165, 1.54) is 12.3 Å². The molecule has 0 aliphatic carbocycles. The molecular weight excluding hydrogens is 184 g/mol. The molecule has 0 radical (unpaired) electrons. The van der Waals surface area contributed by atoms with Crippen LogP contribution in [0.1, 0.15) is 17.3 Å². The Balaban J connectivity index is 2.37. The average molecular weight is 194 g/mol. The second-order valence-corrected chi connectivity index (χ2v) is 3.19. The van der Waals surface area contributed by atoms with E-state index in [-0.39, 0.29) is 11.7 Å². The SMILES string of the molecule is C[C@@H]1CNc2ncc(C(=O)O)cc2O1. The second kappa shape index (κ2) is 3.17. The van der Waals surface area contributed by atoms with Gasteiger partial charge in [0.25, 0.3) is 0 Å². The number of carboxylic acid groups (broad SMARTS) is 1. The van der Waals surface area contributed by atoms with Gasteiger partial charge >= 0.3 is 5.97 Å². The van der Waals surface area contributed by atoms with Crippen molar-refractivity contribution in [1.82, 2.24) is 4.98 Å². The molecule has 14 heavy (non-hydrogen) atoms. The van der Waals surface area contributed by atoms with Crippen LogP contribution in [0.5, 0.6) is 5.75 Å². The number of carboxylic acids is 1. The van der Waals surface area contributed by atoms with E-state index in [2.05, 4.69) is 10.3 Å². The van der Waals surface area contributed by atoms with Crippen molar-refractivity contribution in [2.24, 2.45) is 0 Å². The molecule has 0 bridgehead atoms. The summed E-state index contributed by atoms with van der Waals surface area (Å²) in [5.74, 6) is 0.110. The molecule has 1 aromatic heterocycles. The standard InChI is InChI=1S/C9H10N2O3/c1-5-3-10-8-7(14-5)2-6(4-11-8)9(12)13/h2,4-5H,3H2,1H3,(H,10,11)(H,12,13)/t5-/m1/s1. The number of aromatic carboxylic acids is 1. The van der Waals surface area contributed by atoms with E-state index in [4.69, 9.17) is 9.84 Å². The van der Waals surface area contributed by atoms with Crippen LogP contribution in [-0.4, -0.2) is 28.7 Å². The number of hydrogen-bond acceptors (Lipinski definition) is 4. The predicted molar refractivity (Wildman–Crippen MR) is 49.8 cm³/mol. The van der Waals surface area contributed by atoms with Gasteiger partial charge in [0, 0.05) is 12.3 Å². The van der Waals surface area contributed by atoms with E-state index in [1.54, 1.807) is 0 Å². The van der Waals surface area contributed by atoms with Crippen LogP contribution in [0.4, 0.5) is 5.82 Å². The average Bonchev–Trinajstić information content (AvgIpc) is 2.16. The largest absolute Gasteiger partial charge is 0.485 e. The van der Waals surface area contributed by atoms with E-state index in [0.717, 1.165) is 0 Å². The number of rotatable bonds is 1. The Kier molecular flexibility index (Phi) is 1.99. The van der Waals surface area contributed by atoms with E-state index in [9.17, 15) is 4.79 Å². The van der Waals surface area contributed by atoms with Gasteiger partial charge in [-0.05, 0) is 6.92 Å². The Labute approximate surface area is 80.7 Å². The molecule has 5 nitrogen and oxygen atoms in total. The summed E-state index contributed by atoms with van der Waals surface area (Å²) in [5, 5.41) is 11.8. The maximum Gasteiger partial charge on any atom is 0.337 e. The minimum atomic E-state index is -0.998. The van der Waals surface area contributed by atoms with Crippen LogP contribution in [-0.2, 0) is 0 Å². The number of anilines is 1. The lowest BCUT2D eigenvalue weighted by atomic mass is 10.2. The highest BCUT2D eigenvalue weighted by molar-refractivity contribution is 5.88. The molecule has 0 amide bonds. The van der Waals surface area contributed by atoms with Gasteiger partial charge in [-0.15, -0.1) is 0 Å². The van der Waals surface area contributed by atoms with Crippen molar-refractivity contribution < 1.29 is 14.6 Å². The molecule has 0 saturated carbocycles. The van der Waals surface area contributed by atoms with Gasteiger partial charge in [-0.25, -0.2) is 9.78 Å². The lowest BCUT2D eigenvalue weighted by molar-refractivity contribution is 0.0695. The fourth-order valence-electron chi connectivity index (χ4n) is 1.28. The van der Waals surface area contributed by atoms with E-state index in [1.807, 2.05) is 6.92 Å². The highest BCUT2D eigenvalue weighted by atomic mass is 16.5. The number of aromatic nitrogens is 1. The Morgan fingerprint density at radius 2 is 2.57 bits per heavy atom. The highest BCUT2D eigenvalue weighted by Gasteiger charge is 2.18. The molecule has 74 valence electrons. The van der Waals surface area contributed by atoms with Crippen molar-refractivity contribution in [2.45, 2.75) is 13.0 Å². The van der Waals surface area contributed by atoms with Crippen LogP contribution in [0.25, 0.3) is 0 Å². The molecule has 2 heterocycles. The monoisotopic (exact) mass is 194 g/mol.